The fraction of sp³-hybridized carbons (Fsp3) is 0.294. The van der Waals surface area contributed by atoms with E-state index >= 15 is 0 Å². The predicted octanol–water partition coefficient (Wildman–Crippen LogP) is 1.69. The van der Waals surface area contributed by atoms with Crippen molar-refractivity contribution in [3.63, 3.8) is 0 Å². The second-order valence-corrected chi connectivity index (χ2v) is 6.39. The third-order valence-corrected chi connectivity index (χ3v) is 4.80. The van der Waals surface area contributed by atoms with Gasteiger partial charge in [-0.05, 0) is 35.4 Å². The average molecular weight is 347 g/mol. The van der Waals surface area contributed by atoms with Crippen LogP contribution in [0.5, 0.6) is 0 Å². The molecule has 0 radical (unpaired) electrons. The fourth-order valence-corrected chi connectivity index (χ4v) is 3.36. The van der Waals surface area contributed by atoms with Crippen LogP contribution in [0, 0.1) is 0 Å². The van der Waals surface area contributed by atoms with Crippen molar-refractivity contribution in [3.05, 3.63) is 48.3 Å². The topological polar surface area (TPSA) is 101 Å². The Balaban J connectivity index is 1.29. The molecule has 0 spiro atoms. The van der Waals surface area contributed by atoms with Gasteiger partial charge in [-0.15, -0.1) is 14.8 Å². The van der Waals surface area contributed by atoms with E-state index < -0.39 is 0 Å². The standard InChI is InChI=1S/C17H17N9/c1-2-4-12(5-3-1)16-18-17(21-20-16)13-8-10-25(11-9-13)15-7-6-14-19-23-24-26(14)22-15/h1-7,13H,8-11H2,(H,18,20,21). The number of aromatic amines is 1. The molecule has 3 aromatic heterocycles. The van der Waals surface area contributed by atoms with Crippen LogP contribution in [0.4, 0.5) is 5.82 Å². The Bertz CT molecular complexity index is 1010. The molecule has 0 saturated carbocycles. The molecule has 0 unspecified atom stereocenters. The van der Waals surface area contributed by atoms with Gasteiger partial charge in [-0.3, -0.25) is 5.10 Å². The lowest BCUT2D eigenvalue weighted by atomic mass is 9.96. The first-order chi connectivity index (χ1) is 12.9. The zero-order valence-corrected chi connectivity index (χ0v) is 14.0. The van der Waals surface area contributed by atoms with E-state index in [2.05, 4.69) is 35.7 Å². The molecular weight excluding hydrogens is 330 g/mol. The van der Waals surface area contributed by atoms with Gasteiger partial charge in [-0.25, -0.2) is 4.98 Å². The Labute approximate surface area is 149 Å². The minimum atomic E-state index is 0.382. The molecule has 9 heteroatoms. The molecule has 1 aromatic carbocycles. The number of nitrogens with one attached hydrogen (secondary N) is 1. The van der Waals surface area contributed by atoms with Crippen molar-refractivity contribution in [1.82, 2.24) is 40.4 Å². The number of fused-ring (bicyclic) bond motifs is 1. The van der Waals surface area contributed by atoms with Crippen LogP contribution in [0.1, 0.15) is 24.6 Å². The molecule has 5 rings (SSSR count). The quantitative estimate of drug-likeness (QED) is 0.602. The van der Waals surface area contributed by atoms with E-state index in [9.17, 15) is 0 Å². The molecular formula is C17H17N9. The SMILES string of the molecule is c1ccc(-c2n[nH]c(C3CCN(c4ccc5nnnn5n4)CC3)n2)cc1. The second-order valence-electron chi connectivity index (χ2n) is 6.39. The number of rotatable bonds is 3. The molecule has 1 N–H and O–H groups in total. The van der Waals surface area contributed by atoms with Crippen molar-refractivity contribution in [1.29, 1.82) is 0 Å². The largest absolute Gasteiger partial charge is 0.355 e. The van der Waals surface area contributed by atoms with E-state index in [-0.39, 0.29) is 0 Å². The normalized spacial score (nSPS) is 15.6. The highest BCUT2D eigenvalue weighted by molar-refractivity contribution is 5.54. The van der Waals surface area contributed by atoms with Gasteiger partial charge in [0.05, 0.1) is 0 Å². The first kappa shape index (κ1) is 14.9. The summed E-state index contributed by atoms with van der Waals surface area (Å²) in [6, 6.07) is 13.9. The van der Waals surface area contributed by atoms with Crippen molar-refractivity contribution >= 4 is 11.5 Å². The summed E-state index contributed by atoms with van der Waals surface area (Å²) in [6.45, 7) is 1.82. The number of piperidine rings is 1. The van der Waals surface area contributed by atoms with E-state index in [4.69, 9.17) is 4.98 Å². The second kappa shape index (κ2) is 6.17. The van der Waals surface area contributed by atoms with Crippen LogP contribution in [-0.2, 0) is 0 Å². The molecule has 26 heavy (non-hydrogen) atoms. The monoisotopic (exact) mass is 347 g/mol. The van der Waals surface area contributed by atoms with Crippen LogP contribution in [0.25, 0.3) is 17.0 Å². The molecule has 1 aliphatic heterocycles. The average Bonchev–Trinajstić information content (AvgIpc) is 3.38. The number of hydrogen-bond acceptors (Lipinski definition) is 7. The van der Waals surface area contributed by atoms with Crippen LogP contribution in [-0.4, -0.2) is 53.5 Å². The van der Waals surface area contributed by atoms with Gasteiger partial charge in [-0.2, -0.15) is 5.10 Å². The highest BCUT2D eigenvalue weighted by Gasteiger charge is 2.24. The van der Waals surface area contributed by atoms with Gasteiger partial charge in [0.25, 0.3) is 0 Å². The van der Waals surface area contributed by atoms with E-state index in [1.165, 1.54) is 4.63 Å². The molecule has 4 heterocycles. The first-order valence-corrected chi connectivity index (χ1v) is 8.65. The van der Waals surface area contributed by atoms with Gasteiger partial charge in [0.1, 0.15) is 5.82 Å². The molecule has 130 valence electrons. The Morgan fingerprint density at radius 3 is 2.69 bits per heavy atom. The maximum atomic E-state index is 4.70. The maximum Gasteiger partial charge on any atom is 0.200 e. The third kappa shape index (κ3) is 2.67. The minimum Gasteiger partial charge on any atom is -0.355 e. The summed E-state index contributed by atoms with van der Waals surface area (Å²) in [5.74, 6) is 3.00. The van der Waals surface area contributed by atoms with Gasteiger partial charge >= 0.3 is 0 Å². The van der Waals surface area contributed by atoms with Crippen LogP contribution < -0.4 is 4.90 Å². The van der Waals surface area contributed by atoms with Crippen LogP contribution in [0.2, 0.25) is 0 Å². The van der Waals surface area contributed by atoms with E-state index in [0.29, 0.717) is 11.6 Å². The number of benzene rings is 1. The maximum absolute atomic E-state index is 4.70. The van der Waals surface area contributed by atoms with E-state index in [1.807, 2.05) is 42.5 Å². The molecule has 1 saturated heterocycles. The van der Waals surface area contributed by atoms with E-state index in [1.54, 1.807) is 0 Å². The number of nitrogens with zero attached hydrogens (tertiary/aromatic N) is 8. The van der Waals surface area contributed by atoms with Crippen molar-refractivity contribution in [3.8, 4) is 11.4 Å². The molecule has 4 aromatic rings. The summed E-state index contributed by atoms with van der Waals surface area (Å²) in [7, 11) is 0. The van der Waals surface area contributed by atoms with Crippen molar-refractivity contribution in [2.75, 3.05) is 18.0 Å². The zero-order valence-electron chi connectivity index (χ0n) is 14.0. The third-order valence-electron chi connectivity index (χ3n) is 4.80. The summed E-state index contributed by atoms with van der Waals surface area (Å²) in [6.07, 6.45) is 2.00. The number of hydrogen-bond donors (Lipinski definition) is 1. The summed E-state index contributed by atoms with van der Waals surface area (Å²) in [5, 5.41) is 23.4. The summed E-state index contributed by atoms with van der Waals surface area (Å²) in [5.41, 5.74) is 1.69. The molecule has 1 fully saturated rings. The molecule has 0 atom stereocenters. The minimum absolute atomic E-state index is 0.382. The van der Waals surface area contributed by atoms with Crippen LogP contribution >= 0.6 is 0 Å². The van der Waals surface area contributed by atoms with Crippen LogP contribution in [0.3, 0.4) is 0 Å². The Morgan fingerprint density at radius 1 is 1.00 bits per heavy atom. The van der Waals surface area contributed by atoms with Gasteiger partial charge < -0.3 is 4.90 Å². The molecule has 0 aliphatic carbocycles. The summed E-state index contributed by atoms with van der Waals surface area (Å²) >= 11 is 0. The number of H-pyrrole nitrogens is 1. The van der Waals surface area contributed by atoms with Gasteiger partial charge in [0, 0.05) is 24.6 Å². The van der Waals surface area contributed by atoms with Gasteiger partial charge in [0.2, 0.25) is 0 Å². The zero-order chi connectivity index (χ0) is 17.3. The number of tetrazole rings is 1. The van der Waals surface area contributed by atoms with Crippen molar-refractivity contribution < 1.29 is 0 Å². The lowest BCUT2D eigenvalue weighted by Gasteiger charge is -2.31. The lowest BCUT2D eigenvalue weighted by molar-refractivity contribution is 0.482. The molecule has 9 nitrogen and oxygen atoms in total. The Kier molecular flexibility index (Phi) is 3.55. The highest BCUT2D eigenvalue weighted by Crippen LogP contribution is 2.28. The number of anilines is 1. The molecule has 1 aliphatic rings. The predicted molar refractivity (Wildman–Crippen MR) is 94.6 cm³/mol. The highest BCUT2D eigenvalue weighted by atomic mass is 15.6. The summed E-state index contributed by atoms with van der Waals surface area (Å²) < 4.78 is 1.46. The van der Waals surface area contributed by atoms with Crippen LogP contribution in [0.15, 0.2) is 42.5 Å². The lowest BCUT2D eigenvalue weighted by Crippen LogP contribution is -2.34. The van der Waals surface area contributed by atoms with Crippen molar-refractivity contribution in [2.24, 2.45) is 0 Å². The molecule has 0 amide bonds. The fourth-order valence-electron chi connectivity index (χ4n) is 3.36. The van der Waals surface area contributed by atoms with Gasteiger partial charge in [0.15, 0.2) is 17.3 Å². The number of aromatic nitrogens is 8. The Morgan fingerprint density at radius 2 is 1.85 bits per heavy atom. The smallest absolute Gasteiger partial charge is 0.200 e. The van der Waals surface area contributed by atoms with Gasteiger partial charge in [-0.1, -0.05) is 30.3 Å². The first-order valence-electron chi connectivity index (χ1n) is 8.65. The van der Waals surface area contributed by atoms with E-state index in [0.717, 1.165) is 49.0 Å². The molecule has 0 bridgehead atoms. The summed E-state index contributed by atoms with van der Waals surface area (Å²) in [4.78, 5) is 6.96. The van der Waals surface area contributed by atoms with Crippen molar-refractivity contribution in [2.45, 2.75) is 18.8 Å². The Hall–Kier alpha value is -3.36.